The number of ketones is 1. The maximum atomic E-state index is 14.4. The van der Waals surface area contributed by atoms with Crippen molar-refractivity contribution in [3.05, 3.63) is 48.2 Å². The summed E-state index contributed by atoms with van der Waals surface area (Å²) in [6, 6.07) is 8.52. The number of Topliss-reactive ketones (excluding diaryl/α,β-unsaturated/α-hetero) is 1. The monoisotopic (exact) mass is 738 g/mol. The number of nitrogens with zero attached hydrogens (tertiary/aromatic N) is 1. The van der Waals surface area contributed by atoms with E-state index in [-0.39, 0.29) is 24.7 Å². The average molecular weight is 739 g/mol. The zero-order valence-corrected chi connectivity index (χ0v) is 32.2. The molecule has 0 bridgehead atoms. The van der Waals surface area contributed by atoms with Crippen molar-refractivity contribution < 1.29 is 43.2 Å². The second-order valence-electron chi connectivity index (χ2n) is 15.7. The lowest BCUT2D eigenvalue weighted by molar-refractivity contribution is -0.290. The first kappa shape index (κ1) is 40.7. The van der Waals surface area contributed by atoms with Gasteiger partial charge in [-0.05, 0) is 84.0 Å². The molecule has 3 aliphatic heterocycles. The lowest BCUT2D eigenvalue weighted by atomic mass is 9.78. The Balaban J connectivity index is 1.50. The topological polar surface area (TPSA) is 181 Å². The largest absolute Gasteiger partial charge is 0.458 e. The fourth-order valence-corrected chi connectivity index (χ4v) is 8.22. The van der Waals surface area contributed by atoms with Crippen LogP contribution in [0.4, 0.5) is 4.79 Å². The molecule has 1 aromatic carbocycles. The molecule has 0 spiro atoms. The first-order chi connectivity index (χ1) is 25.1. The zero-order chi connectivity index (χ0) is 38.7. The lowest BCUT2D eigenvalue weighted by Gasteiger charge is -2.45. The number of cyclic esters (lactones) is 1. The summed E-state index contributed by atoms with van der Waals surface area (Å²) in [7, 11) is 0. The smallest absolute Gasteiger partial charge is 0.408 e. The van der Waals surface area contributed by atoms with Gasteiger partial charge in [-0.1, -0.05) is 51.1 Å². The minimum atomic E-state index is -1.20. The summed E-state index contributed by atoms with van der Waals surface area (Å²) < 4.78 is 31.3. The minimum Gasteiger partial charge on any atom is -0.458 e. The summed E-state index contributed by atoms with van der Waals surface area (Å²) in [6.07, 6.45) is 1.82. The summed E-state index contributed by atoms with van der Waals surface area (Å²) in [5.74, 6) is -3.33. The predicted octanol–water partition coefficient (Wildman–Crippen LogP) is 4.28. The highest BCUT2D eigenvalue weighted by atomic mass is 16.7. The van der Waals surface area contributed by atoms with Crippen LogP contribution in [0.5, 0.6) is 0 Å². The Morgan fingerprint density at radius 1 is 1.11 bits per heavy atom. The van der Waals surface area contributed by atoms with Crippen molar-refractivity contribution in [3.63, 3.8) is 0 Å². The Hall–Kier alpha value is -3.46. The molecule has 1 amide bonds. The molecule has 3 aliphatic rings. The SMILES string of the molecule is CC[C@H]1OC(=O)[C@H](C)C(=O)[C@H](C)C(O[C@@H]2O[C@H](C)CC(N)C2O)[C@](C)(OC/C=C/c2cnc3ccccc3c2)C[C@@H](C)CN[C@H](C)[C@H]2NC(=O)O[C@@]21C. The quantitative estimate of drug-likeness (QED) is 0.234. The summed E-state index contributed by atoms with van der Waals surface area (Å²) >= 11 is 0. The first-order valence-electron chi connectivity index (χ1n) is 18.9. The molecule has 0 radical (unpaired) electrons. The Labute approximate surface area is 312 Å². The van der Waals surface area contributed by atoms with Crippen molar-refractivity contribution in [1.82, 2.24) is 15.6 Å². The fourth-order valence-electron chi connectivity index (χ4n) is 8.22. The van der Waals surface area contributed by atoms with Gasteiger partial charge in [0.2, 0.25) is 0 Å². The molecule has 3 saturated heterocycles. The fraction of sp³-hybridized carbons (Fsp3) is 0.650. The van der Waals surface area contributed by atoms with Gasteiger partial charge in [-0.3, -0.25) is 14.6 Å². The number of aromatic nitrogens is 1. The third-order valence-corrected chi connectivity index (χ3v) is 11.2. The number of nitrogens with one attached hydrogen (secondary N) is 2. The molecule has 13 atom stereocenters. The van der Waals surface area contributed by atoms with Crippen LogP contribution >= 0.6 is 0 Å². The van der Waals surface area contributed by atoms with Crippen molar-refractivity contribution in [2.24, 2.45) is 23.5 Å². The van der Waals surface area contributed by atoms with Crippen LogP contribution in [0.3, 0.4) is 0 Å². The molecule has 3 fully saturated rings. The van der Waals surface area contributed by atoms with E-state index in [0.717, 1.165) is 16.5 Å². The Morgan fingerprint density at radius 2 is 1.85 bits per heavy atom. The van der Waals surface area contributed by atoms with Crippen molar-refractivity contribution in [2.75, 3.05) is 13.2 Å². The van der Waals surface area contributed by atoms with Gasteiger partial charge in [0.05, 0.1) is 36.0 Å². The zero-order valence-electron chi connectivity index (χ0n) is 32.2. The van der Waals surface area contributed by atoms with E-state index in [0.29, 0.717) is 25.8 Å². The van der Waals surface area contributed by atoms with Gasteiger partial charge in [0.1, 0.15) is 18.1 Å². The number of aliphatic hydroxyl groups excluding tert-OH is 1. The number of amides is 1. The number of rotatable bonds is 7. The van der Waals surface area contributed by atoms with E-state index in [4.69, 9.17) is 29.4 Å². The highest BCUT2D eigenvalue weighted by Crippen LogP contribution is 2.37. The standard InChI is InChI=1S/C40H58N4O9/c1-9-31-40(8)34(44-38(48)53-40)26(6)42-20-22(2)19-39(7,49-16-12-13-27-18-28-14-10-11-15-30(28)43-21-27)35(24(4)32(45)25(5)36(47)51-31)52-37-33(46)29(41)17-23(3)50-37/h10-15,18,21-26,29,31,33-35,37,42,46H,9,16-17,19-20,41H2,1-8H3,(H,44,48)/b13-12+/t22-,23-,24+,25-,26-,29?,31-,33?,34-,35?,37+,39-,40-/m1/s1. The normalized spacial score (nSPS) is 39.1. The molecule has 1 aromatic heterocycles. The maximum absolute atomic E-state index is 14.4. The number of carbonyl (C=O) groups is 3. The number of carbonyl (C=O) groups excluding carboxylic acids is 3. The van der Waals surface area contributed by atoms with Crippen LogP contribution in [-0.2, 0) is 33.3 Å². The number of esters is 1. The molecule has 0 aliphatic carbocycles. The van der Waals surface area contributed by atoms with E-state index in [1.54, 1.807) is 20.0 Å². The van der Waals surface area contributed by atoms with Gasteiger partial charge >= 0.3 is 12.1 Å². The molecular weight excluding hydrogens is 680 g/mol. The van der Waals surface area contributed by atoms with Gasteiger partial charge in [0, 0.05) is 29.6 Å². The summed E-state index contributed by atoms with van der Waals surface area (Å²) in [4.78, 5) is 45.3. The molecular formula is C40H58N4O9. The van der Waals surface area contributed by atoms with Crippen LogP contribution in [0, 0.1) is 17.8 Å². The number of hydrogen-bond acceptors (Lipinski definition) is 12. The summed E-state index contributed by atoms with van der Waals surface area (Å²) in [6.45, 7) is 15.2. The van der Waals surface area contributed by atoms with Crippen LogP contribution in [0.2, 0.25) is 0 Å². The third-order valence-electron chi connectivity index (χ3n) is 11.2. The molecule has 13 heteroatoms. The van der Waals surface area contributed by atoms with Gasteiger partial charge in [-0.2, -0.15) is 0 Å². The molecule has 3 unspecified atom stereocenters. The number of benzene rings is 1. The molecule has 4 heterocycles. The number of pyridine rings is 1. The molecule has 2 aromatic rings. The van der Waals surface area contributed by atoms with E-state index in [9.17, 15) is 19.5 Å². The molecule has 5 rings (SSSR count). The van der Waals surface area contributed by atoms with E-state index in [1.165, 1.54) is 6.92 Å². The molecule has 0 saturated carbocycles. The van der Waals surface area contributed by atoms with Crippen LogP contribution < -0.4 is 16.4 Å². The summed E-state index contributed by atoms with van der Waals surface area (Å²) in [5, 5.41) is 18.6. The Kier molecular flexibility index (Phi) is 13.0. The third kappa shape index (κ3) is 9.09. The second kappa shape index (κ2) is 16.9. The molecule has 13 nitrogen and oxygen atoms in total. The highest BCUT2D eigenvalue weighted by molar-refractivity contribution is 6.00. The van der Waals surface area contributed by atoms with Crippen molar-refractivity contribution in [3.8, 4) is 0 Å². The number of para-hydroxylation sites is 1. The average Bonchev–Trinajstić information content (AvgIpc) is 3.44. The first-order valence-corrected chi connectivity index (χ1v) is 18.9. The van der Waals surface area contributed by atoms with Crippen LogP contribution in [0.25, 0.3) is 17.0 Å². The Bertz CT molecular complexity index is 1640. The van der Waals surface area contributed by atoms with Crippen molar-refractivity contribution in [1.29, 1.82) is 0 Å². The van der Waals surface area contributed by atoms with Gasteiger partial charge < -0.3 is 45.2 Å². The van der Waals surface area contributed by atoms with E-state index < -0.39 is 77.6 Å². The maximum Gasteiger partial charge on any atom is 0.408 e. The number of alkyl carbamates (subject to hydrolysis) is 1. The number of aliphatic hydroxyl groups is 1. The highest BCUT2D eigenvalue weighted by Gasteiger charge is 2.55. The Morgan fingerprint density at radius 3 is 2.58 bits per heavy atom. The molecule has 5 N–H and O–H groups in total. The van der Waals surface area contributed by atoms with Crippen LogP contribution in [0.15, 0.2) is 42.6 Å². The minimum absolute atomic E-state index is 0.0467. The number of ether oxygens (including phenoxy) is 5. The number of hydrogen-bond donors (Lipinski definition) is 4. The number of nitrogens with two attached hydrogens (primary N) is 1. The van der Waals surface area contributed by atoms with Crippen molar-refractivity contribution >= 4 is 34.8 Å². The second-order valence-corrected chi connectivity index (χ2v) is 15.7. The predicted molar refractivity (Wildman–Crippen MR) is 200 cm³/mol. The van der Waals surface area contributed by atoms with Gasteiger partial charge in [0.15, 0.2) is 17.7 Å². The number of fused-ring (bicyclic) bond motifs is 2. The summed E-state index contributed by atoms with van der Waals surface area (Å²) in [5.41, 5.74) is 5.77. The van der Waals surface area contributed by atoms with E-state index >= 15 is 0 Å². The van der Waals surface area contributed by atoms with Gasteiger partial charge in [-0.15, -0.1) is 0 Å². The van der Waals surface area contributed by atoms with Gasteiger partial charge in [0.25, 0.3) is 0 Å². The van der Waals surface area contributed by atoms with Gasteiger partial charge in [-0.25, -0.2) is 4.79 Å². The van der Waals surface area contributed by atoms with Crippen LogP contribution in [0.1, 0.15) is 80.2 Å². The van der Waals surface area contributed by atoms with E-state index in [2.05, 4.69) is 22.5 Å². The van der Waals surface area contributed by atoms with Crippen LogP contribution in [-0.4, -0.2) is 101 Å². The molecule has 53 heavy (non-hydrogen) atoms. The van der Waals surface area contributed by atoms with Crippen molar-refractivity contribution in [2.45, 2.75) is 135 Å². The lowest BCUT2D eigenvalue weighted by Crippen LogP contribution is -2.60. The molecule has 292 valence electrons. The van der Waals surface area contributed by atoms with E-state index in [1.807, 2.05) is 70.2 Å².